The Morgan fingerprint density at radius 2 is 2.12 bits per heavy atom. The summed E-state index contributed by atoms with van der Waals surface area (Å²) in [4.78, 5) is 0. The molecule has 0 aliphatic carbocycles. The standard InChI is InChI=1S/C11H15NO3S/c13-8-9-2-1-7-12(9)16-15-11-5-3-10(14)4-6-11/h3-6,9,13-14H,1-2,7-8H2/t9-/m0/s1. The molecule has 1 aromatic carbocycles. The average molecular weight is 241 g/mol. The van der Waals surface area contributed by atoms with Gasteiger partial charge in [0.2, 0.25) is 0 Å². The van der Waals surface area contributed by atoms with E-state index in [-0.39, 0.29) is 18.4 Å². The fourth-order valence-electron chi connectivity index (χ4n) is 1.68. The molecular formula is C11H15NO3S. The lowest BCUT2D eigenvalue weighted by molar-refractivity contribution is 0.218. The van der Waals surface area contributed by atoms with Crippen molar-refractivity contribution in [1.29, 1.82) is 0 Å². The summed E-state index contributed by atoms with van der Waals surface area (Å²) in [5.41, 5.74) is 0. The Bertz CT molecular complexity index is 331. The SMILES string of the molecule is OC[C@@H]1CCCN1SOc1ccc(O)cc1. The van der Waals surface area contributed by atoms with E-state index in [4.69, 9.17) is 14.4 Å². The zero-order valence-electron chi connectivity index (χ0n) is 8.87. The van der Waals surface area contributed by atoms with Gasteiger partial charge in [-0.15, -0.1) is 0 Å². The van der Waals surface area contributed by atoms with Gasteiger partial charge >= 0.3 is 0 Å². The molecule has 1 saturated heterocycles. The fourth-order valence-corrected chi connectivity index (χ4v) is 2.47. The number of rotatable bonds is 4. The van der Waals surface area contributed by atoms with Gasteiger partial charge in [-0.3, -0.25) is 0 Å². The van der Waals surface area contributed by atoms with E-state index in [1.807, 2.05) is 4.31 Å². The third-order valence-corrected chi connectivity index (χ3v) is 3.54. The van der Waals surface area contributed by atoms with Crippen molar-refractivity contribution in [3.63, 3.8) is 0 Å². The molecule has 1 aromatic rings. The van der Waals surface area contributed by atoms with E-state index in [9.17, 15) is 0 Å². The lowest BCUT2D eigenvalue weighted by Gasteiger charge is -2.19. The van der Waals surface area contributed by atoms with Gasteiger partial charge in [0, 0.05) is 12.6 Å². The van der Waals surface area contributed by atoms with Crippen molar-refractivity contribution in [3.8, 4) is 11.5 Å². The van der Waals surface area contributed by atoms with Crippen LogP contribution in [-0.2, 0) is 0 Å². The Labute approximate surface area is 99.2 Å². The molecule has 0 unspecified atom stereocenters. The molecule has 1 heterocycles. The van der Waals surface area contributed by atoms with E-state index in [1.165, 1.54) is 12.2 Å². The first-order valence-corrected chi connectivity index (χ1v) is 6.00. The zero-order valence-corrected chi connectivity index (χ0v) is 9.69. The highest BCUT2D eigenvalue weighted by atomic mass is 32.2. The van der Waals surface area contributed by atoms with Crippen LogP contribution in [0.4, 0.5) is 0 Å². The molecule has 1 aliphatic heterocycles. The third-order valence-electron chi connectivity index (χ3n) is 2.60. The van der Waals surface area contributed by atoms with E-state index in [0.29, 0.717) is 5.75 Å². The predicted molar refractivity (Wildman–Crippen MR) is 63.1 cm³/mol. The maximum absolute atomic E-state index is 9.13. The number of hydrogen-bond acceptors (Lipinski definition) is 5. The summed E-state index contributed by atoms with van der Waals surface area (Å²) in [6.45, 7) is 1.11. The van der Waals surface area contributed by atoms with Crippen LogP contribution in [0.2, 0.25) is 0 Å². The van der Waals surface area contributed by atoms with Crippen molar-refractivity contribution in [3.05, 3.63) is 24.3 Å². The second kappa shape index (κ2) is 5.43. The minimum atomic E-state index is 0.173. The number of phenols is 1. The summed E-state index contributed by atoms with van der Waals surface area (Å²) in [6, 6.07) is 6.80. The molecule has 0 radical (unpaired) electrons. The zero-order chi connectivity index (χ0) is 11.4. The minimum absolute atomic E-state index is 0.173. The van der Waals surface area contributed by atoms with Crippen LogP contribution in [0, 0.1) is 0 Å². The highest BCUT2D eigenvalue weighted by Crippen LogP contribution is 2.28. The molecule has 88 valence electrons. The number of aliphatic hydroxyl groups is 1. The molecule has 4 nitrogen and oxygen atoms in total. The lowest BCUT2D eigenvalue weighted by atomic mass is 10.2. The Kier molecular flexibility index (Phi) is 3.93. The topological polar surface area (TPSA) is 52.9 Å². The molecule has 1 aliphatic rings. The quantitative estimate of drug-likeness (QED) is 0.622. The number of aliphatic hydroxyl groups excluding tert-OH is 1. The molecule has 16 heavy (non-hydrogen) atoms. The first-order chi connectivity index (χ1) is 7.79. The lowest BCUT2D eigenvalue weighted by Crippen LogP contribution is -2.26. The van der Waals surface area contributed by atoms with E-state index in [2.05, 4.69) is 0 Å². The van der Waals surface area contributed by atoms with Gasteiger partial charge in [-0.25, -0.2) is 4.31 Å². The molecule has 1 fully saturated rings. The van der Waals surface area contributed by atoms with Crippen molar-refractivity contribution >= 4 is 12.2 Å². The molecule has 0 saturated carbocycles. The average Bonchev–Trinajstić information content (AvgIpc) is 2.76. The van der Waals surface area contributed by atoms with Crippen LogP contribution >= 0.6 is 12.2 Å². The Morgan fingerprint density at radius 3 is 2.81 bits per heavy atom. The minimum Gasteiger partial charge on any atom is -0.508 e. The van der Waals surface area contributed by atoms with Crippen LogP contribution in [0.15, 0.2) is 24.3 Å². The Morgan fingerprint density at radius 1 is 1.38 bits per heavy atom. The van der Waals surface area contributed by atoms with Gasteiger partial charge in [-0.2, -0.15) is 0 Å². The van der Waals surface area contributed by atoms with E-state index in [1.54, 1.807) is 24.3 Å². The molecule has 0 aromatic heterocycles. The van der Waals surface area contributed by atoms with Gasteiger partial charge in [0.05, 0.1) is 6.61 Å². The molecule has 0 spiro atoms. The van der Waals surface area contributed by atoms with Crippen LogP contribution < -0.4 is 4.18 Å². The molecular weight excluding hydrogens is 226 g/mol. The maximum Gasteiger partial charge on any atom is 0.147 e. The number of nitrogens with zero attached hydrogens (tertiary/aromatic N) is 1. The van der Waals surface area contributed by atoms with Crippen LogP contribution in [0.25, 0.3) is 0 Å². The first kappa shape index (κ1) is 11.6. The monoisotopic (exact) mass is 241 g/mol. The highest BCUT2D eigenvalue weighted by Gasteiger charge is 2.25. The highest BCUT2D eigenvalue weighted by molar-refractivity contribution is 7.92. The normalized spacial score (nSPS) is 21.2. The molecule has 0 bridgehead atoms. The second-order valence-electron chi connectivity index (χ2n) is 3.77. The largest absolute Gasteiger partial charge is 0.508 e. The van der Waals surface area contributed by atoms with Crippen LogP contribution in [-0.4, -0.2) is 33.7 Å². The van der Waals surface area contributed by atoms with Gasteiger partial charge in [0.15, 0.2) is 0 Å². The summed E-state index contributed by atoms with van der Waals surface area (Å²) in [5.74, 6) is 0.929. The number of hydrogen-bond donors (Lipinski definition) is 2. The van der Waals surface area contributed by atoms with Gasteiger partial charge in [-0.05, 0) is 37.1 Å². The summed E-state index contributed by atoms with van der Waals surface area (Å²) in [7, 11) is 0. The van der Waals surface area contributed by atoms with Crippen molar-refractivity contribution in [2.45, 2.75) is 18.9 Å². The van der Waals surface area contributed by atoms with E-state index < -0.39 is 0 Å². The van der Waals surface area contributed by atoms with Crippen molar-refractivity contribution in [2.24, 2.45) is 0 Å². The van der Waals surface area contributed by atoms with Crippen LogP contribution in [0.1, 0.15) is 12.8 Å². The Hall–Kier alpha value is -0.910. The fraction of sp³-hybridized carbons (Fsp3) is 0.455. The van der Waals surface area contributed by atoms with Crippen molar-refractivity contribution in [1.82, 2.24) is 4.31 Å². The second-order valence-corrected chi connectivity index (χ2v) is 4.56. The van der Waals surface area contributed by atoms with Crippen molar-refractivity contribution in [2.75, 3.05) is 13.2 Å². The summed E-state index contributed by atoms with van der Waals surface area (Å²) < 4.78 is 7.55. The third kappa shape index (κ3) is 2.81. The summed E-state index contributed by atoms with van der Waals surface area (Å²) in [6.07, 6.45) is 2.11. The van der Waals surface area contributed by atoms with Crippen LogP contribution in [0.3, 0.4) is 0 Å². The van der Waals surface area contributed by atoms with Crippen LogP contribution in [0.5, 0.6) is 11.5 Å². The maximum atomic E-state index is 9.13. The van der Waals surface area contributed by atoms with Gasteiger partial charge in [-0.1, -0.05) is 0 Å². The van der Waals surface area contributed by atoms with Gasteiger partial charge in [0.1, 0.15) is 23.7 Å². The molecule has 1 atom stereocenters. The van der Waals surface area contributed by atoms with Gasteiger partial charge in [0.25, 0.3) is 0 Å². The predicted octanol–water partition coefficient (Wildman–Crippen LogP) is 1.79. The van der Waals surface area contributed by atoms with E-state index in [0.717, 1.165) is 19.4 Å². The van der Waals surface area contributed by atoms with E-state index >= 15 is 0 Å². The summed E-state index contributed by atoms with van der Waals surface area (Å²) in [5, 5.41) is 18.2. The molecule has 5 heteroatoms. The first-order valence-electron chi connectivity index (χ1n) is 5.31. The molecule has 2 N–H and O–H groups in total. The van der Waals surface area contributed by atoms with Gasteiger partial charge < -0.3 is 14.4 Å². The smallest absolute Gasteiger partial charge is 0.147 e. The summed E-state index contributed by atoms with van der Waals surface area (Å²) >= 11 is 1.27. The molecule has 0 amide bonds. The van der Waals surface area contributed by atoms with Crippen molar-refractivity contribution < 1.29 is 14.4 Å². The Balaban J connectivity index is 1.85. The number of aromatic hydroxyl groups is 1. The number of benzene rings is 1. The molecule has 2 rings (SSSR count). The number of phenolic OH excluding ortho intramolecular Hbond substituents is 1.